The van der Waals surface area contributed by atoms with Gasteiger partial charge in [-0.2, -0.15) is 0 Å². The summed E-state index contributed by atoms with van der Waals surface area (Å²) in [6.07, 6.45) is 0. The second kappa shape index (κ2) is 13.8. The Labute approximate surface area is 381 Å². The van der Waals surface area contributed by atoms with E-state index in [1.807, 2.05) is 0 Å². The van der Waals surface area contributed by atoms with E-state index in [-0.39, 0.29) is 16.2 Å². The molecule has 0 spiro atoms. The quantitative estimate of drug-likeness (QED) is 0.167. The van der Waals surface area contributed by atoms with Crippen LogP contribution in [0.25, 0.3) is 60.3 Å². The van der Waals surface area contributed by atoms with Crippen LogP contribution in [0.15, 0.2) is 180 Å². The van der Waals surface area contributed by atoms with Crippen LogP contribution in [0.5, 0.6) is 0 Å². The Morgan fingerprint density at radius 1 is 0.477 bits per heavy atom. The van der Waals surface area contributed by atoms with Gasteiger partial charge in [-0.3, -0.25) is 4.40 Å². The zero-order valence-corrected chi connectivity index (χ0v) is 38.5. The molecule has 3 heterocycles. The average molecular weight is 844 g/mol. The fraction of sp³-hybridized carbons (Fsp3) is 0.180. The van der Waals surface area contributed by atoms with Gasteiger partial charge in [-0.05, 0) is 129 Å². The predicted molar refractivity (Wildman–Crippen MR) is 275 cm³/mol. The van der Waals surface area contributed by atoms with Crippen LogP contribution in [0, 0.1) is 0 Å². The van der Waals surface area contributed by atoms with Crippen LogP contribution in [0.3, 0.4) is 0 Å². The summed E-state index contributed by atoms with van der Waals surface area (Å²) < 4.78 is 9.72. The second-order valence-electron chi connectivity index (χ2n) is 20.7. The Bertz CT molecular complexity index is 3620. The Kier molecular flexibility index (Phi) is 8.37. The molecule has 4 heteroatoms. The zero-order valence-electron chi connectivity index (χ0n) is 38.5. The lowest BCUT2D eigenvalue weighted by Crippen LogP contribution is -2.17. The Morgan fingerprint density at radius 3 is 1.66 bits per heavy atom. The number of para-hydroxylation sites is 2. The first-order valence-electron chi connectivity index (χ1n) is 23.0. The molecule has 0 N–H and O–H groups in total. The van der Waals surface area contributed by atoms with Gasteiger partial charge in [0.25, 0.3) is 0 Å². The first-order chi connectivity index (χ1) is 31.3. The monoisotopic (exact) mass is 843 g/mol. The molecule has 0 bridgehead atoms. The third-order valence-corrected chi connectivity index (χ3v) is 14.1. The molecular weight excluding hydrogens is 791 g/mol. The van der Waals surface area contributed by atoms with Crippen LogP contribution in [-0.2, 0) is 16.2 Å². The highest BCUT2D eigenvalue weighted by Gasteiger charge is 2.43. The molecule has 65 heavy (non-hydrogen) atoms. The topological polar surface area (TPSA) is 24.0 Å². The van der Waals surface area contributed by atoms with E-state index in [0.29, 0.717) is 0 Å². The molecule has 11 aromatic rings. The molecule has 8 aromatic carbocycles. The summed E-state index contributed by atoms with van der Waals surface area (Å²) in [4.78, 5) is 4.80. The Balaban J connectivity index is 1.09. The molecule has 0 fully saturated rings. The number of furan rings is 1. The first-order valence-corrected chi connectivity index (χ1v) is 23.0. The maximum Gasteiger partial charge on any atom is 0.213 e. The van der Waals surface area contributed by atoms with Crippen LogP contribution >= 0.6 is 0 Å². The van der Waals surface area contributed by atoms with Crippen molar-refractivity contribution in [3.63, 3.8) is 0 Å². The van der Waals surface area contributed by atoms with Crippen molar-refractivity contribution in [3.8, 4) is 11.1 Å². The fourth-order valence-electron chi connectivity index (χ4n) is 10.8. The largest absolute Gasteiger partial charge is 0.439 e. The molecule has 0 amide bonds. The molecule has 1 aliphatic carbocycles. The van der Waals surface area contributed by atoms with Gasteiger partial charge in [0, 0.05) is 61.3 Å². The molecular formula is C61H53N3O. The molecule has 0 unspecified atom stereocenters. The van der Waals surface area contributed by atoms with Gasteiger partial charge in [0.15, 0.2) is 0 Å². The number of aromatic nitrogens is 1. The Morgan fingerprint density at radius 2 is 1.03 bits per heavy atom. The summed E-state index contributed by atoms with van der Waals surface area (Å²) in [5, 5.41) is 7.07. The second-order valence-corrected chi connectivity index (χ2v) is 20.7. The van der Waals surface area contributed by atoms with Gasteiger partial charge in [0.2, 0.25) is 5.71 Å². The molecule has 3 aromatic heterocycles. The number of hydrogen-bond donors (Lipinski definition) is 0. The van der Waals surface area contributed by atoms with E-state index in [9.17, 15) is 0 Å². The maximum atomic E-state index is 7.23. The first kappa shape index (κ1) is 39.3. The number of fused-ring (bicyclic) bond motifs is 11. The molecule has 318 valence electrons. The van der Waals surface area contributed by atoms with E-state index in [0.717, 1.165) is 61.6 Å². The van der Waals surface area contributed by atoms with Crippen molar-refractivity contribution >= 4 is 83.3 Å². The van der Waals surface area contributed by atoms with Crippen LogP contribution in [-0.4, -0.2) is 4.40 Å². The van der Waals surface area contributed by atoms with Crippen LogP contribution < -0.4 is 9.80 Å². The lowest BCUT2D eigenvalue weighted by atomic mass is 9.85. The standard InChI is InChI=1S/C61H53N3O/c1-59(2,3)40-24-29-44(30-25-40)62(42-17-11-9-12-18-42)46-28-23-38-36-49-52(37-39(38)35-46)65-58-53(49)48-33-34-51(55-54-47-21-15-16-22-50(47)61(7,8)57(54)64(58)56(48)55)63(43-19-13-10-14-20-43)45-31-26-41(27-32-45)60(4,5)6/h9-37H,1-8H3. The van der Waals surface area contributed by atoms with Gasteiger partial charge in [-0.15, -0.1) is 0 Å². The van der Waals surface area contributed by atoms with E-state index in [1.165, 1.54) is 55.2 Å². The summed E-state index contributed by atoms with van der Waals surface area (Å²) in [5.74, 6) is 0. The van der Waals surface area contributed by atoms with Crippen molar-refractivity contribution in [2.75, 3.05) is 9.80 Å². The zero-order chi connectivity index (χ0) is 44.6. The average Bonchev–Trinajstić information content (AvgIpc) is 4.01. The van der Waals surface area contributed by atoms with Crippen molar-refractivity contribution in [1.82, 2.24) is 4.40 Å². The highest BCUT2D eigenvalue weighted by molar-refractivity contribution is 6.29. The van der Waals surface area contributed by atoms with Crippen LogP contribution in [0.4, 0.5) is 34.1 Å². The van der Waals surface area contributed by atoms with Crippen LogP contribution in [0.1, 0.15) is 77.8 Å². The van der Waals surface area contributed by atoms with Crippen molar-refractivity contribution in [1.29, 1.82) is 0 Å². The minimum absolute atomic E-state index is 0.0503. The van der Waals surface area contributed by atoms with Crippen molar-refractivity contribution in [2.45, 2.75) is 71.6 Å². The predicted octanol–water partition coefficient (Wildman–Crippen LogP) is 17.4. The molecule has 0 aliphatic heterocycles. The number of benzene rings is 8. The SMILES string of the molecule is CC(C)(C)c1ccc(N(c2ccccc2)c2ccc3cc4c(cc3c2)oc2c4c3ccc(N(c4ccccc4)c4ccc(C(C)(C)C)cc4)c4c5c(n2c43)C(C)(C)c2ccccc2-5)cc1. The lowest BCUT2D eigenvalue weighted by molar-refractivity contribution is 0.590. The maximum absolute atomic E-state index is 7.23. The number of anilines is 6. The molecule has 12 rings (SSSR count). The number of hydrogen-bond acceptors (Lipinski definition) is 3. The molecule has 0 radical (unpaired) electrons. The van der Waals surface area contributed by atoms with Gasteiger partial charge in [0.05, 0.1) is 16.6 Å². The van der Waals surface area contributed by atoms with Gasteiger partial charge in [-0.1, -0.05) is 146 Å². The van der Waals surface area contributed by atoms with Gasteiger partial charge in [0.1, 0.15) is 5.58 Å². The smallest absolute Gasteiger partial charge is 0.213 e. The van der Waals surface area contributed by atoms with Gasteiger partial charge < -0.3 is 14.2 Å². The summed E-state index contributed by atoms with van der Waals surface area (Å²) >= 11 is 0. The summed E-state index contributed by atoms with van der Waals surface area (Å²) in [5.41, 5.74) is 17.4. The normalized spacial score (nSPS) is 13.7. The third kappa shape index (κ3) is 5.89. The third-order valence-electron chi connectivity index (χ3n) is 14.1. The number of nitrogens with zero attached hydrogens (tertiary/aromatic N) is 3. The minimum Gasteiger partial charge on any atom is -0.439 e. The van der Waals surface area contributed by atoms with E-state index in [2.05, 4.69) is 246 Å². The highest BCUT2D eigenvalue weighted by Crippen LogP contribution is 2.58. The minimum atomic E-state index is -0.280. The molecule has 0 saturated heterocycles. The lowest BCUT2D eigenvalue weighted by Gasteiger charge is -2.28. The van der Waals surface area contributed by atoms with Crippen LogP contribution in [0.2, 0.25) is 0 Å². The van der Waals surface area contributed by atoms with Crippen molar-refractivity contribution < 1.29 is 4.42 Å². The molecule has 0 atom stereocenters. The van der Waals surface area contributed by atoms with E-state index < -0.39 is 0 Å². The molecule has 4 nitrogen and oxygen atoms in total. The summed E-state index contributed by atoms with van der Waals surface area (Å²) in [7, 11) is 0. The number of rotatable bonds is 6. The van der Waals surface area contributed by atoms with Crippen molar-refractivity contribution in [3.05, 3.63) is 198 Å². The molecule has 0 saturated carbocycles. The van der Waals surface area contributed by atoms with Gasteiger partial charge in [-0.25, -0.2) is 0 Å². The van der Waals surface area contributed by atoms with E-state index in [4.69, 9.17) is 4.42 Å². The molecule has 1 aliphatic rings. The van der Waals surface area contributed by atoms with Crippen molar-refractivity contribution in [2.24, 2.45) is 0 Å². The van der Waals surface area contributed by atoms with Gasteiger partial charge >= 0.3 is 0 Å². The Hall–Kier alpha value is -7.30. The highest BCUT2D eigenvalue weighted by atomic mass is 16.3. The van der Waals surface area contributed by atoms with E-state index >= 15 is 0 Å². The fourth-order valence-corrected chi connectivity index (χ4v) is 10.8. The summed E-state index contributed by atoms with van der Waals surface area (Å²) in [6.45, 7) is 18.4. The summed E-state index contributed by atoms with van der Waals surface area (Å²) in [6, 6.07) is 64.8. The van der Waals surface area contributed by atoms with E-state index in [1.54, 1.807) is 0 Å².